The monoisotopic (exact) mass is 631 g/mol. The fourth-order valence-electron chi connectivity index (χ4n) is 5.39. The molecular formula is C29H36F3N9O4. The number of dihydropyridines is 1. The molecule has 3 aliphatic rings. The van der Waals surface area contributed by atoms with E-state index < -0.39 is 35.4 Å². The lowest BCUT2D eigenvalue weighted by atomic mass is 9.96. The van der Waals surface area contributed by atoms with E-state index in [2.05, 4.69) is 42.7 Å². The number of morpholine rings is 1. The molecule has 1 aromatic heterocycles. The summed E-state index contributed by atoms with van der Waals surface area (Å²) in [6.45, 7) is 8.48. The van der Waals surface area contributed by atoms with Gasteiger partial charge < -0.3 is 25.2 Å². The molecule has 3 amide bonds. The number of alkyl halides is 3. The minimum atomic E-state index is -4.90. The van der Waals surface area contributed by atoms with E-state index in [-0.39, 0.29) is 17.4 Å². The van der Waals surface area contributed by atoms with Gasteiger partial charge in [0, 0.05) is 57.6 Å². The molecule has 2 aromatic rings. The van der Waals surface area contributed by atoms with Gasteiger partial charge in [-0.2, -0.15) is 13.2 Å². The number of carbonyl (C=O) groups excluding carboxylic acids is 3. The number of amides is 3. The number of likely N-dealkylation sites (N-methyl/N-ethyl adjacent to an activating group) is 1. The lowest BCUT2D eigenvalue weighted by Gasteiger charge is -2.39. The van der Waals surface area contributed by atoms with E-state index in [9.17, 15) is 27.6 Å². The number of anilines is 2. The molecular weight excluding hydrogens is 595 g/mol. The van der Waals surface area contributed by atoms with Gasteiger partial charge in [0.15, 0.2) is 5.69 Å². The highest BCUT2D eigenvalue weighted by Gasteiger charge is 2.43. The van der Waals surface area contributed by atoms with Gasteiger partial charge in [-0.15, -0.1) is 5.10 Å². The molecule has 0 spiro atoms. The highest BCUT2D eigenvalue weighted by atomic mass is 19.4. The van der Waals surface area contributed by atoms with Crippen LogP contribution in [0.1, 0.15) is 23.8 Å². The molecule has 2 saturated heterocycles. The van der Waals surface area contributed by atoms with E-state index in [4.69, 9.17) is 4.74 Å². The van der Waals surface area contributed by atoms with Gasteiger partial charge in [0.2, 0.25) is 5.91 Å². The number of nitrogens with one attached hydrogen (secondary N) is 2. The van der Waals surface area contributed by atoms with E-state index >= 15 is 0 Å². The van der Waals surface area contributed by atoms with Crippen LogP contribution in [0.15, 0.2) is 41.0 Å². The third-order valence-electron chi connectivity index (χ3n) is 8.14. The first-order valence-corrected chi connectivity index (χ1v) is 14.8. The molecule has 45 heavy (non-hydrogen) atoms. The van der Waals surface area contributed by atoms with Gasteiger partial charge in [-0.25, -0.2) is 9.67 Å². The summed E-state index contributed by atoms with van der Waals surface area (Å²) in [6, 6.07) is 5.23. The lowest BCUT2D eigenvalue weighted by molar-refractivity contribution is -0.124. The summed E-state index contributed by atoms with van der Waals surface area (Å²) in [7, 11) is 2.01. The van der Waals surface area contributed by atoms with E-state index in [0.717, 1.165) is 32.6 Å². The van der Waals surface area contributed by atoms with Crippen molar-refractivity contribution in [1.82, 2.24) is 30.1 Å². The summed E-state index contributed by atoms with van der Waals surface area (Å²) in [4.78, 5) is 47.5. The molecule has 5 rings (SSSR count). The number of nitrogens with zero attached hydrogens (tertiary/aromatic N) is 7. The number of aromatic nitrogens is 3. The predicted octanol–water partition coefficient (Wildman–Crippen LogP) is 1.51. The molecule has 0 bridgehead atoms. The molecule has 242 valence electrons. The largest absolute Gasteiger partial charge is 0.414 e. The van der Waals surface area contributed by atoms with Crippen LogP contribution in [-0.4, -0.2) is 127 Å². The molecule has 4 heterocycles. The van der Waals surface area contributed by atoms with E-state index in [1.165, 1.54) is 10.9 Å². The topological polar surface area (TPSA) is 137 Å². The third-order valence-corrected chi connectivity index (χ3v) is 8.14. The molecule has 2 N–H and O–H groups in total. The van der Waals surface area contributed by atoms with Gasteiger partial charge in [0.25, 0.3) is 11.8 Å². The summed E-state index contributed by atoms with van der Waals surface area (Å²) >= 11 is 0. The van der Waals surface area contributed by atoms with Crippen LogP contribution in [0.3, 0.4) is 0 Å². The maximum atomic E-state index is 13.7. The smallest absolute Gasteiger partial charge is 0.379 e. The Morgan fingerprint density at radius 1 is 1.13 bits per heavy atom. The van der Waals surface area contributed by atoms with E-state index in [0.29, 0.717) is 56.5 Å². The second kappa shape index (κ2) is 13.9. The van der Waals surface area contributed by atoms with Crippen LogP contribution in [0.25, 0.3) is 5.69 Å². The zero-order chi connectivity index (χ0) is 32.1. The molecule has 16 heteroatoms. The number of ether oxygens (including phenoxy) is 1. The molecule has 0 saturated carbocycles. The van der Waals surface area contributed by atoms with Crippen LogP contribution in [-0.2, 0) is 14.3 Å². The van der Waals surface area contributed by atoms with Crippen molar-refractivity contribution in [3.63, 3.8) is 0 Å². The third kappa shape index (κ3) is 7.93. The van der Waals surface area contributed by atoms with Crippen LogP contribution in [0.2, 0.25) is 0 Å². The number of halogens is 3. The fraction of sp³-hybridized carbons (Fsp3) is 0.517. The lowest BCUT2D eigenvalue weighted by Crippen LogP contribution is -2.50. The Morgan fingerprint density at radius 3 is 2.64 bits per heavy atom. The summed E-state index contributed by atoms with van der Waals surface area (Å²) in [5.41, 5.74) is 0.0707. The second-order valence-corrected chi connectivity index (χ2v) is 11.3. The zero-order valence-corrected chi connectivity index (χ0v) is 25.1. The van der Waals surface area contributed by atoms with Gasteiger partial charge in [-0.1, -0.05) is 5.21 Å². The van der Waals surface area contributed by atoms with Crippen LogP contribution in [0.4, 0.5) is 24.5 Å². The number of hydrogen-bond donors (Lipinski definition) is 2. The van der Waals surface area contributed by atoms with Crippen molar-refractivity contribution in [2.24, 2.45) is 10.9 Å². The van der Waals surface area contributed by atoms with Gasteiger partial charge in [-0.05, 0) is 45.1 Å². The van der Waals surface area contributed by atoms with Crippen LogP contribution in [0.5, 0.6) is 0 Å². The molecule has 0 aliphatic carbocycles. The summed E-state index contributed by atoms with van der Waals surface area (Å²) in [5.74, 6) is -4.28. The first kappa shape index (κ1) is 32.2. The predicted molar refractivity (Wildman–Crippen MR) is 160 cm³/mol. The Morgan fingerprint density at radius 2 is 1.91 bits per heavy atom. The van der Waals surface area contributed by atoms with Crippen molar-refractivity contribution in [2.45, 2.75) is 25.6 Å². The first-order valence-electron chi connectivity index (χ1n) is 14.8. The average Bonchev–Trinajstić information content (AvgIpc) is 3.51. The minimum Gasteiger partial charge on any atom is -0.379 e. The maximum Gasteiger partial charge on any atom is 0.414 e. The number of benzene rings is 1. The fourth-order valence-corrected chi connectivity index (χ4v) is 5.39. The molecule has 1 unspecified atom stereocenters. The van der Waals surface area contributed by atoms with Gasteiger partial charge >= 0.3 is 6.18 Å². The number of carbonyl (C=O) groups is 3. The molecule has 1 aromatic carbocycles. The van der Waals surface area contributed by atoms with Crippen molar-refractivity contribution in [3.8, 4) is 5.69 Å². The van der Waals surface area contributed by atoms with E-state index in [1.54, 1.807) is 18.2 Å². The Labute approximate surface area is 258 Å². The van der Waals surface area contributed by atoms with Crippen molar-refractivity contribution in [1.29, 1.82) is 0 Å². The molecule has 2 fully saturated rings. The second-order valence-electron chi connectivity index (χ2n) is 11.3. The molecule has 3 aliphatic heterocycles. The standard InChI is InChI=1S/C29H36F3N9O4/c1-19-17-40(9-8-38(19)2)25-5-4-20(14-23(25)35-27(43)21-16-34-26(42)15-22(21)29(30,31)32)41-18-24(36-37-41)28(44)33-6-3-7-39-10-12-45-13-11-39/h4-5,14-16,18-19,21H,3,6-13,17H2,1-2H3,(H,33,44)(H,35,43)/t19-,21?/m0/s1. The minimum absolute atomic E-state index is 0.0898. The van der Waals surface area contributed by atoms with Crippen LogP contribution >= 0.6 is 0 Å². The number of piperazine rings is 1. The van der Waals surface area contributed by atoms with Crippen LogP contribution in [0, 0.1) is 5.92 Å². The van der Waals surface area contributed by atoms with Gasteiger partial charge in [0.05, 0.1) is 42.0 Å². The Balaban J connectivity index is 1.33. The van der Waals surface area contributed by atoms with Crippen molar-refractivity contribution in [2.75, 3.05) is 76.3 Å². The SMILES string of the molecule is C[C@H]1CN(c2ccc(-n3cc(C(=O)NCCCN4CCOCC4)nn3)cc2NC(=O)C2C=NC(=O)C=C2C(F)(F)F)CCN1C. The first-order chi connectivity index (χ1) is 21.5. The maximum absolute atomic E-state index is 13.7. The molecule has 2 atom stereocenters. The average molecular weight is 632 g/mol. The summed E-state index contributed by atoms with van der Waals surface area (Å²) in [6.07, 6.45) is -1.64. The normalized spacial score (nSPS) is 21.5. The summed E-state index contributed by atoms with van der Waals surface area (Å²) in [5, 5.41) is 13.5. The van der Waals surface area contributed by atoms with Gasteiger partial charge in [0.1, 0.15) is 5.92 Å². The van der Waals surface area contributed by atoms with Crippen molar-refractivity contribution < 1.29 is 32.3 Å². The zero-order valence-electron chi connectivity index (χ0n) is 25.1. The highest BCUT2D eigenvalue weighted by molar-refractivity contribution is 6.11. The number of aliphatic imine (C=N–C) groups is 1. The van der Waals surface area contributed by atoms with Crippen molar-refractivity contribution in [3.05, 3.63) is 41.7 Å². The van der Waals surface area contributed by atoms with Crippen molar-refractivity contribution >= 4 is 35.3 Å². The number of rotatable bonds is 9. The van der Waals surface area contributed by atoms with E-state index in [1.807, 2.05) is 11.9 Å². The Hall–Kier alpha value is -4.15. The quantitative estimate of drug-likeness (QED) is 0.395. The summed E-state index contributed by atoms with van der Waals surface area (Å²) < 4.78 is 47.9. The number of hydrogen-bond acceptors (Lipinski definition) is 9. The Bertz CT molecular complexity index is 1470. The highest BCUT2D eigenvalue weighted by Crippen LogP contribution is 2.35. The molecule has 13 nitrogen and oxygen atoms in total. The van der Waals surface area contributed by atoms with Crippen LogP contribution < -0.4 is 15.5 Å². The Kier molecular flexibility index (Phi) is 9.94. The van der Waals surface area contributed by atoms with Gasteiger partial charge in [-0.3, -0.25) is 19.3 Å². The molecule has 0 radical (unpaired) electrons.